The predicted octanol–water partition coefficient (Wildman–Crippen LogP) is 2.10. The van der Waals surface area contributed by atoms with Crippen molar-refractivity contribution in [1.29, 1.82) is 0 Å². The lowest BCUT2D eigenvalue weighted by Crippen LogP contribution is -2.35. The highest BCUT2D eigenvalue weighted by atomic mass is 15.3. The van der Waals surface area contributed by atoms with Gasteiger partial charge >= 0.3 is 0 Å². The molecular weight excluding hydrogens is 264 g/mol. The van der Waals surface area contributed by atoms with Crippen molar-refractivity contribution >= 4 is 11.5 Å². The highest BCUT2D eigenvalue weighted by Crippen LogP contribution is 2.29. The van der Waals surface area contributed by atoms with Crippen LogP contribution in [-0.4, -0.2) is 32.8 Å². The molecule has 3 heterocycles. The van der Waals surface area contributed by atoms with Crippen molar-refractivity contribution in [3.63, 3.8) is 0 Å². The molecule has 0 aliphatic carbocycles. The maximum absolute atomic E-state index is 6.34. The monoisotopic (exact) mass is 286 g/mol. The summed E-state index contributed by atoms with van der Waals surface area (Å²) in [4.78, 5) is 11.0. The summed E-state index contributed by atoms with van der Waals surface area (Å²) in [5, 5.41) is 4.47. The summed E-state index contributed by atoms with van der Waals surface area (Å²) in [6.45, 7) is 8.24. The van der Waals surface area contributed by atoms with Crippen LogP contribution in [-0.2, 0) is 0 Å². The molecule has 3 rings (SSSR count). The normalized spacial score (nSPS) is 19.0. The van der Waals surface area contributed by atoms with Crippen LogP contribution in [0.2, 0.25) is 0 Å². The molecule has 0 bridgehead atoms. The molecule has 0 radical (unpaired) electrons. The van der Waals surface area contributed by atoms with Crippen molar-refractivity contribution in [2.75, 3.05) is 23.7 Å². The summed E-state index contributed by atoms with van der Waals surface area (Å²) in [7, 11) is 0. The summed E-state index contributed by atoms with van der Waals surface area (Å²) >= 11 is 0. The van der Waals surface area contributed by atoms with Crippen LogP contribution < -0.4 is 10.6 Å². The van der Waals surface area contributed by atoms with Gasteiger partial charge in [0, 0.05) is 18.8 Å². The van der Waals surface area contributed by atoms with Gasteiger partial charge in [-0.25, -0.2) is 14.6 Å². The summed E-state index contributed by atoms with van der Waals surface area (Å²) in [5.74, 6) is 2.17. The molecule has 6 heteroatoms. The molecule has 1 fully saturated rings. The Morgan fingerprint density at radius 1 is 1.24 bits per heavy atom. The minimum absolute atomic E-state index is 0.609. The van der Waals surface area contributed by atoms with Gasteiger partial charge in [-0.2, -0.15) is 5.10 Å². The van der Waals surface area contributed by atoms with Crippen molar-refractivity contribution in [3.8, 4) is 5.82 Å². The first-order valence-corrected chi connectivity index (χ1v) is 7.45. The largest absolute Gasteiger partial charge is 0.393 e. The third kappa shape index (κ3) is 2.57. The van der Waals surface area contributed by atoms with Gasteiger partial charge in [-0.15, -0.1) is 0 Å². The van der Waals surface area contributed by atoms with Gasteiger partial charge in [0.1, 0.15) is 12.0 Å². The van der Waals surface area contributed by atoms with E-state index in [1.165, 1.54) is 12.8 Å². The number of aryl methyl sites for hydroxylation is 2. The fraction of sp³-hybridized carbons (Fsp3) is 0.533. The number of nitrogens with two attached hydrogens (primary N) is 1. The Morgan fingerprint density at radius 3 is 2.67 bits per heavy atom. The minimum Gasteiger partial charge on any atom is -0.393 e. The van der Waals surface area contributed by atoms with E-state index in [0.717, 1.165) is 30.3 Å². The van der Waals surface area contributed by atoms with Crippen LogP contribution in [0.4, 0.5) is 11.5 Å². The molecule has 1 aliphatic heterocycles. The number of rotatable bonds is 2. The molecule has 0 aromatic carbocycles. The van der Waals surface area contributed by atoms with E-state index < -0.39 is 0 Å². The van der Waals surface area contributed by atoms with Crippen LogP contribution in [0.25, 0.3) is 5.82 Å². The first-order valence-electron chi connectivity index (χ1n) is 7.45. The van der Waals surface area contributed by atoms with Crippen molar-refractivity contribution in [2.24, 2.45) is 5.92 Å². The average molecular weight is 286 g/mol. The highest BCUT2D eigenvalue weighted by Gasteiger charge is 2.22. The second kappa shape index (κ2) is 5.35. The van der Waals surface area contributed by atoms with Crippen molar-refractivity contribution in [2.45, 2.75) is 33.6 Å². The zero-order valence-corrected chi connectivity index (χ0v) is 12.9. The topological polar surface area (TPSA) is 72.9 Å². The Balaban J connectivity index is 2.01. The summed E-state index contributed by atoms with van der Waals surface area (Å²) in [6.07, 6.45) is 4.03. The first-order chi connectivity index (χ1) is 10.1. The molecule has 2 N–H and O–H groups in total. The molecule has 0 amide bonds. The molecule has 0 spiro atoms. The Hall–Kier alpha value is -2.11. The average Bonchev–Trinajstić information content (AvgIpc) is 2.78. The number of hydrogen-bond acceptors (Lipinski definition) is 5. The van der Waals surface area contributed by atoms with Crippen LogP contribution in [0.15, 0.2) is 12.4 Å². The Morgan fingerprint density at radius 2 is 2.00 bits per heavy atom. The maximum Gasteiger partial charge on any atom is 0.182 e. The molecule has 6 nitrogen and oxygen atoms in total. The number of piperidine rings is 1. The lowest BCUT2D eigenvalue weighted by atomic mass is 10.0. The maximum atomic E-state index is 6.34. The second-order valence-electron chi connectivity index (χ2n) is 5.97. The van der Waals surface area contributed by atoms with Crippen LogP contribution in [0.1, 0.15) is 31.2 Å². The van der Waals surface area contributed by atoms with Gasteiger partial charge in [0.2, 0.25) is 0 Å². The van der Waals surface area contributed by atoms with Crippen molar-refractivity contribution in [3.05, 3.63) is 23.8 Å². The van der Waals surface area contributed by atoms with Crippen LogP contribution >= 0.6 is 0 Å². The molecule has 21 heavy (non-hydrogen) atoms. The molecule has 0 saturated carbocycles. The Bertz CT molecular complexity index is 648. The summed E-state index contributed by atoms with van der Waals surface area (Å²) in [5.41, 5.74) is 8.93. The Kier molecular flexibility index (Phi) is 3.53. The molecule has 1 aliphatic rings. The van der Waals surface area contributed by atoms with E-state index >= 15 is 0 Å². The lowest BCUT2D eigenvalue weighted by molar-refractivity contribution is 0.444. The molecule has 2 aromatic heterocycles. The summed E-state index contributed by atoms with van der Waals surface area (Å²) < 4.78 is 1.79. The quantitative estimate of drug-likeness (QED) is 0.915. The van der Waals surface area contributed by atoms with Gasteiger partial charge in [-0.1, -0.05) is 6.92 Å². The molecular formula is C15H22N6. The van der Waals surface area contributed by atoms with Gasteiger partial charge in [-0.05, 0) is 38.7 Å². The smallest absolute Gasteiger partial charge is 0.182 e. The highest BCUT2D eigenvalue weighted by molar-refractivity contribution is 5.70. The number of aromatic nitrogens is 4. The second-order valence-corrected chi connectivity index (χ2v) is 5.97. The number of anilines is 2. The van der Waals surface area contributed by atoms with Crippen LogP contribution in [0.3, 0.4) is 0 Å². The number of nitrogens with zero attached hydrogens (tertiary/aromatic N) is 5. The van der Waals surface area contributed by atoms with Gasteiger partial charge in [0.25, 0.3) is 0 Å². The van der Waals surface area contributed by atoms with E-state index in [9.17, 15) is 0 Å². The minimum atomic E-state index is 0.609. The number of nitrogen functional groups attached to an aromatic ring is 1. The van der Waals surface area contributed by atoms with Gasteiger partial charge in [0.05, 0.1) is 5.69 Å². The zero-order chi connectivity index (χ0) is 15.0. The zero-order valence-electron chi connectivity index (χ0n) is 12.9. The van der Waals surface area contributed by atoms with E-state index in [2.05, 4.69) is 26.9 Å². The van der Waals surface area contributed by atoms with Gasteiger partial charge < -0.3 is 10.6 Å². The lowest BCUT2D eigenvalue weighted by Gasteiger charge is -2.32. The van der Waals surface area contributed by atoms with Crippen LogP contribution in [0, 0.1) is 19.8 Å². The Labute approximate surface area is 125 Å². The SMILES string of the molecule is Cc1cc(C)n(-c2ncnc(N3CCCC(C)C3)c2N)n1. The molecule has 1 atom stereocenters. The summed E-state index contributed by atoms with van der Waals surface area (Å²) in [6, 6.07) is 2.02. The third-order valence-electron chi connectivity index (χ3n) is 4.01. The van der Waals surface area contributed by atoms with E-state index in [4.69, 9.17) is 5.73 Å². The molecule has 112 valence electrons. The van der Waals surface area contributed by atoms with Crippen LogP contribution in [0.5, 0.6) is 0 Å². The van der Waals surface area contributed by atoms with Crippen molar-refractivity contribution in [1.82, 2.24) is 19.7 Å². The van der Waals surface area contributed by atoms with E-state index in [1.54, 1.807) is 11.0 Å². The number of hydrogen-bond donors (Lipinski definition) is 1. The van der Waals surface area contributed by atoms with Gasteiger partial charge in [-0.3, -0.25) is 0 Å². The third-order valence-corrected chi connectivity index (χ3v) is 4.01. The molecule has 1 saturated heterocycles. The molecule has 2 aromatic rings. The molecule has 1 unspecified atom stereocenters. The van der Waals surface area contributed by atoms with E-state index in [-0.39, 0.29) is 0 Å². The first kappa shape index (κ1) is 13.9. The standard InChI is InChI=1S/C15H22N6/c1-10-5-4-6-20(8-10)14-13(16)15(18-9-17-14)21-12(3)7-11(2)19-21/h7,9-10H,4-6,8,16H2,1-3H3. The fourth-order valence-corrected chi connectivity index (χ4v) is 3.02. The van der Waals surface area contributed by atoms with Gasteiger partial charge in [0.15, 0.2) is 11.6 Å². The van der Waals surface area contributed by atoms with Crippen molar-refractivity contribution < 1.29 is 0 Å². The van der Waals surface area contributed by atoms with E-state index in [1.807, 2.05) is 19.9 Å². The van der Waals surface area contributed by atoms with E-state index in [0.29, 0.717) is 17.4 Å². The fourth-order valence-electron chi connectivity index (χ4n) is 3.02. The predicted molar refractivity (Wildman–Crippen MR) is 83.7 cm³/mol.